The Labute approximate surface area is 143 Å². The van der Waals surface area contributed by atoms with Gasteiger partial charge in [-0.3, -0.25) is 14.6 Å². The number of nitrogens with one attached hydrogen (secondary N) is 1. The Morgan fingerprint density at radius 1 is 1.50 bits per heavy atom. The van der Waals surface area contributed by atoms with Gasteiger partial charge in [0.05, 0.1) is 19.3 Å². The molecule has 1 aliphatic rings. The summed E-state index contributed by atoms with van der Waals surface area (Å²) in [5.41, 5.74) is 0.477. The van der Waals surface area contributed by atoms with Crippen LogP contribution in [0.3, 0.4) is 0 Å². The molecule has 1 fully saturated rings. The maximum atomic E-state index is 13.1. The number of carbonyl (C=O) groups is 1. The van der Waals surface area contributed by atoms with Crippen molar-refractivity contribution in [3.63, 3.8) is 0 Å². The van der Waals surface area contributed by atoms with Gasteiger partial charge in [0.25, 0.3) is 0 Å². The molecular formula is C18H28FN3O2. The number of anilines is 1. The molecule has 134 valence electrons. The van der Waals surface area contributed by atoms with Crippen molar-refractivity contribution in [2.45, 2.75) is 20.0 Å². The van der Waals surface area contributed by atoms with Gasteiger partial charge in [-0.05, 0) is 31.2 Å². The van der Waals surface area contributed by atoms with E-state index in [1.54, 1.807) is 12.1 Å². The third-order valence-corrected chi connectivity index (χ3v) is 3.88. The quantitative estimate of drug-likeness (QED) is 0.827. The molecule has 2 rings (SSSR count). The fraction of sp³-hybridized carbons (Fsp3) is 0.611. The van der Waals surface area contributed by atoms with Crippen molar-refractivity contribution in [1.29, 1.82) is 0 Å². The van der Waals surface area contributed by atoms with Crippen LogP contribution in [-0.4, -0.2) is 68.2 Å². The zero-order chi connectivity index (χ0) is 17.5. The maximum Gasteiger partial charge on any atom is 0.238 e. The number of ether oxygens (including phenoxy) is 1. The minimum absolute atomic E-state index is 0.115. The third-order valence-electron chi connectivity index (χ3n) is 3.88. The summed E-state index contributed by atoms with van der Waals surface area (Å²) in [6, 6.07) is 5.92. The normalized spacial score (nSPS) is 19.0. The molecule has 0 aromatic heterocycles. The zero-order valence-corrected chi connectivity index (χ0v) is 14.8. The lowest BCUT2D eigenvalue weighted by molar-refractivity contribution is -0.117. The Bertz CT molecular complexity index is 539. The molecule has 1 aromatic rings. The van der Waals surface area contributed by atoms with E-state index in [1.807, 2.05) is 11.9 Å². The summed E-state index contributed by atoms with van der Waals surface area (Å²) in [5, 5.41) is 2.71. The molecule has 1 aliphatic heterocycles. The number of halogens is 1. The van der Waals surface area contributed by atoms with Crippen LogP contribution in [0.5, 0.6) is 0 Å². The highest BCUT2D eigenvalue weighted by Crippen LogP contribution is 2.10. The van der Waals surface area contributed by atoms with Crippen LogP contribution in [0.1, 0.15) is 13.8 Å². The molecule has 6 heteroatoms. The Kier molecular flexibility index (Phi) is 7.15. The van der Waals surface area contributed by atoms with Gasteiger partial charge in [-0.15, -0.1) is 0 Å². The summed E-state index contributed by atoms with van der Waals surface area (Å²) < 4.78 is 18.9. The van der Waals surface area contributed by atoms with Gasteiger partial charge in [-0.2, -0.15) is 0 Å². The molecule has 0 bridgehead atoms. The highest BCUT2D eigenvalue weighted by molar-refractivity contribution is 5.92. The topological polar surface area (TPSA) is 44.8 Å². The number of carbonyl (C=O) groups excluding carboxylic acids is 1. The lowest BCUT2D eigenvalue weighted by Crippen LogP contribution is -2.48. The van der Waals surface area contributed by atoms with Gasteiger partial charge in [-0.1, -0.05) is 19.9 Å². The van der Waals surface area contributed by atoms with E-state index in [9.17, 15) is 9.18 Å². The Morgan fingerprint density at radius 2 is 2.29 bits per heavy atom. The largest absolute Gasteiger partial charge is 0.374 e. The van der Waals surface area contributed by atoms with E-state index in [1.165, 1.54) is 12.1 Å². The fourth-order valence-corrected chi connectivity index (χ4v) is 3.00. The van der Waals surface area contributed by atoms with Crippen LogP contribution in [0, 0.1) is 11.7 Å². The minimum atomic E-state index is -0.359. The monoisotopic (exact) mass is 337 g/mol. The van der Waals surface area contributed by atoms with Crippen molar-refractivity contribution in [3.8, 4) is 0 Å². The number of hydrogen-bond acceptors (Lipinski definition) is 4. The second kappa shape index (κ2) is 9.11. The molecule has 0 radical (unpaired) electrons. The first-order valence-electron chi connectivity index (χ1n) is 8.50. The molecule has 1 amide bonds. The first-order valence-corrected chi connectivity index (χ1v) is 8.50. The van der Waals surface area contributed by atoms with Crippen molar-refractivity contribution >= 4 is 11.6 Å². The number of hydrogen-bond donors (Lipinski definition) is 1. The third kappa shape index (κ3) is 6.55. The second-order valence-corrected chi connectivity index (χ2v) is 6.90. The Balaban J connectivity index is 1.75. The lowest BCUT2D eigenvalue weighted by atomic mass is 10.1. The molecule has 1 atom stereocenters. The van der Waals surface area contributed by atoms with E-state index in [-0.39, 0.29) is 24.4 Å². The summed E-state index contributed by atoms with van der Waals surface area (Å²) in [6.07, 6.45) is 0.115. The van der Waals surface area contributed by atoms with E-state index < -0.39 is 0 Å². The SMILES string of the molecule is CC(C)CN1CCO[C@@H](CN(C)CC(=O)Nc2cccc(F)c2)C1. The standard InChI is InChI=1S/C18H28FN3O2/c1-14(2)10-22-7-8-24-17(12-22)11-21(3)13-18(23)20-16-6-4-5-15(19)9-16/h4-6,9,14,17H,7-8,10-13H2,1-3H3,(H,20,23)/t17-/m0/s1. The van der Waals surface area contributed by atoms with Crippen LogP contribution >= 0.6 is 0 Å². The van der Waals surface area contributed by atoms with Crippen molar-refractivity contribution in [2.75, 3.05) is 51.7 Å². The van der Waals surface area contributed by atoms with Crippen LogP contribution in [0.4, 0.5) is 10.1 Å². The molecule has 1 N–H and O–H groups in total. The molecular weight excluding hydrogens is 309 g/mol. The van der Waals surface area contributed by atoms with Gasteiger partial charge in [0.15, 0.2) is 0 Å². The highest BCUT2D eigenvalue weighted by atomic mass is 19.1. The van der Waals surface area contributed by atoms with Gasteiger partial charge in [0.1, 0.15) is 5.82 Å². The summed E-state index contributed by atoms with van der Waals surface area (Å²) in [5.74, 6) is 0.124. The second-order valence-electron chi connectivity index (χ2n) is 6.90. The summed E-state index contributed by atoms with van der Waals surface area (Å²) in [6.45, 7) is 9.06. The van der Waals surface area contributed by atoms with Crippen molar-refractivity contribution < 1.29 is 13.9 Å². The number of likely N-dealkylation sites (N-methyl/N-ethyl adjacent to an activating group) is 1. The van der Waals surface area contributed by atoms with Crippen LogP contribution in [0.15, 0.2) is 24.3 Å². The molecule has 0 aliphatic carbocycles. The highest BCUT2D eigenvalue weighted by Gasteiger charge is 2.22. The van der Waals surface area contributed by atoms with Gasteiger partial charge in [-0.25, -0.2) is 4.39 Å². The van der Waals surface area contributed by atoms with Crippen LogP contribution in [-0.2, 0) is 9.53 Å². The molecule has 1 saturated heterocycles. The number of nitrogens with zero attached hydrogens (tertiary/aromatic N) is 2. The van der Waals surface area contributed by atoms with Crippen molar-refractivity contribution in [3.05, 3.63) is 30.1 Å². The van der Waals surface area contributed by atoms with Crippen molar-refractivity contribution in [1.82, 2.24) is 9.80 Å². The van der Waals surface area contributed by atoms with Crippen LogP contribution in [0.25, 0.3) is 0 Å². The lowest BCUT2D eigenvalue weighted by Gasteiger charge is -2.35. The fourth-order valence-electron chi connectivity index (χ4n) is 3.00. The van der Waals surface area contributed by atoms with E-state index in [2.05, 4.69) is 24.1 Å². The van der Waals surface area contributed by atoms with E-state index >= 15 is 0 Å². The van der Waals surface area contributed by atoms with Gasteiger partial charge in [0, 0.05) is 31.9 Å². The first-order chi connectivity index (χ1) is 11.4. The Hall–Kier alpha value is -1.50. The molecule has 1 aromatic carbocycles. The molecule has 24 heavy (non-hydrogen) atoms. The summed E-state index contributed by atoms with van der Waals surface area (Å²) in [7, 11) is 1.90. The molecule has 0 spiro atoms. The predicted octanol–water partition coefficient (Wildman–Crippen LogP) is 2.05. The number of amides is 1. The number of morpholine rings is 1. The van der Waals surface area contributed by atoms with E-state index in [0.29, 0.717) is 18.2 Å². The summed E-state index contributed by atoms with van der Waals surface area (Å²) in [4.78, 5) is 16.4. The molecule has 0 saturated carbocycles. The maximum absolute atomic E-state index is 13.1. The van der Waals surface area contributed by atoms with Gasteiger partial charge in [0.2, 0.25) is 5.91 Å². The average Bonchev–Trinajstić information content (AvgIpc) is 2.46. The predicted molar refractivity (Wildman–Crippen MR) is 93.5 cm³/mol. The Morgan fingerprint density at radius 3 is 3.00 bits per heavy atom. The minimum Gasteiger partial charge on any atom is -0.374 e. The summed E-state index contributed by atoms with van der Waals surface area (Å²) >= 11 is 0. The number of rotatable bonds is 7. The molecule has 5 nitrogen and oxygen atoms in total. The van der Waals surface area contributed by atoms with Gasteiger partial charge >= 0.3 is 0 Å². The molecule has 1 heterocycles. The first kappa shape index (κ1) is 18.8. The van der Waals surface area contributed by atoms with Crippen LogP contribution in [0.2, 0.25) is 0 Å². The van der Waals surface area contributed by atoms with Gasteiger partial charge < -0.3 is 10.1 Å². The van der Waals surface area contributed by atoms with Crippen molar-refractivity contribution in [2.24, 2.45) is 5.92 Å². The van der Waals surface area contributed by atoms with Crippen LogP contribution < -0.4 is 5.32 Å². The van der Waals surface area contributed by atoms with E-state index in [0.717, 1.165) is 26.2 Å². The zero-order valence-electron chi connectivity index (χ0n) is 14.8. The average molecular weight is 337 g/mol. The number of benzene rings is 1. The molecule has 0 unspecified atom stereocenters. The van der Waals surface area contributed by atoms with E-state index in [4.69, 9.17) is 4.74 Å². The smallest absolute Gasteiger partial charge is 0.238 e.